The average Bonchev–Trinajstić information content (AvgIpc) is 2.85. The van der Waals surface area contributed by atoms with Crippen molar-refractivity contribution < 1.29 is 21.6 Å². The Morgan fingerprint density at radius 1 is 0.892 bits per heavy atom. The van der Waals surface area contributed by atoms with Crippen molar-refractivity contribution in [2.75, 3.05) is 12.5 Å². The first kappa shape index (κ1) is 26.7. The smallest absolute Gasteiger partial charge is 0.175 e. The molecule has 1 atom stereocenters. The van der Waals surface area contributed by atoms with E-state index in [0.717, 1.165) is 45.7 Å². The van der Waals surface area contributed by atoms with Gasteiger partial charge >= 0.3 is 0 Å². The molecule has 3 aromatic carbocycles. The summed E-state index contributed by atoms with van der Waals surface area (Å²) in [5, 5.41) is 0.842. The summed E-state index contributed by atoms with van der Waals surface area (Å²) in [6.45, 7) is 3.40. The number of fused-ring (bicyclic) bond motifs is 1. The summed E-state index contributed by atoms with van der Waals surface area (Å²) >= 11 is 0. The topological polar surface area (TPSA) is 98.2 Å². The number of nitrogens with zero attached hydrogens (tertiary/aromatic N) is 1. The monoisotopic (exact) mass is 535 g/mol. The largest absolute Gasteiger partial charge is 0.303 e. The molecule has 0 saturated heterocycles. The minimum Gasteiger partial charge on any atom is -0.303 e. The standard InChI is InChI=1S/C29H29NO5S2/c1-29(2,37(4,34)35)25-17-23-9-6-14-30-28(23)27(18-25)22-8-5-7-20(15-22)16-24(19-31)21-10-12-26(13-11-21)36(3,32)33/h5-15,17-19,24H,16H2,1-4H3. The highest BCUT2D eigenvalue weighted by Gasteiger charge is 2.33. The Bertz CT molecular complexity index is 1690. The van der Waals surface area contributed by atoms with Crippen LogP contribution in [0.1, 0.15) is 36.5 Å². The molecule has 4 aromatic rings. The Labute approximate surface area is 218 Å². The number of hydrogen-bond donors (Lipinski definition) is 0. The lowest BCUT2D eigenvalue weighted by Crippen LogP contribution is -2.28. The lowest BCUT2D eigenvalue weighted by molar-refractivity contribution is -0.109. The summed E-state index contributed by atoms with van der Waals surface area (Å²) < 4.78 is 47.6. The van der Waals surface area contributed by atoms with Gasteiger partial charge < -0.3 is 4.79 Å². The van der Waals surface area contributed by atoms with Crippen LogP contribution in [0, 0.1) is 0 Å². The third kappa shape index (κ3) is 5.50. The van der Waals surface area contributed by atoms with Crippen molar-refractivity contribution in [2.45, 2.75) is 35.8 Å². The molecule has 0 amide bonds. The van der Waals surface area contributed by atoms with Crippen LogP contribution in [0.15, 0.2) is 83.9 Å². The quantitative estimate of drug-likeness (QED) is 0.291. The molecule has 192 valence electrons. The fraction of sp³-hybridized carbons (Fsp3) is 0.241. The molecule has 0 fully saturated rings. The summed E-state index contributed by atoms with van der Waals surface area (Å²) in [6.07, 6.45) is 5.39. The van der Waals surface area contributed by atoms with Crippen LogP contribution < -0.4 is 0 Å². The summed E-state index contributed by atoms with van der Waals surface area (Å²) in [6, 6.07) is 21.7. The first-order valence-electron chi connectivity index (χ1n) is 11.7. The molecule has 0 spiro atoms. The minimum atomic E-state index is -3.39. The molecule has 0 aliphatic rings. The van der Waals surface area contributed by atoms with Gasteiger partial charge in [-0.2, -0.15) is 0 Å². The van der Waals surface area contributed by atoms with Gasteiger partial charge in [0, 0.05) is 35.6 Å². The first-order chi connectivity index (χ1) is 17.3. The van der Waals surface area contributed by atoms with Crippen LogP contribution in [0.25, 0.3) is 22.0 Å². The van der Waals surface area contributed by atoms with Crippen molar-refractivity contribution in [2.24, 2.45) is 0 Å². The van der Waals surface area contributed by atoms with Crippen molar-refractivity contribution >= 4 is 36.9 Å². The van der Waals surface area contributed by atoms with Crippen molar-refractivity contribution in [3.05, 3.63) is 95.7 Å². The molecular formula is C29H29NO5S2. The molecule has 0 radical (unpaired) electrons. The van der Waals surface area contributed by atoms with Crippen molar-refractivity contribution in [1.82, 2.24) is 4.98 Å². The predicted molar refractivity (Wildman–Crippen MR) is 147 cm³/mol. The van der Waals surface area contributed by atoms with Crippen molar-refractivity contribution in [3.63, 3.8) is 0 Å². The SMILES string of the molecule is CC(C)(c1cc(-c2cccc(CC(C=O)c3ccc(S(C)(=O)=O)cc3)c2)c2ncccc2c1)S(C)(=O)=O. The number of sulfone groups is 2. The van der Waals surface area contributed by atoms with E-state index >= 15 is 0 Å². The van der Waals surface area contributed by atoms with Gasteiger partial charge in [-0.3, -0.25) is 4.98 Å². The van der Waals surface area contributed by atoms with Crippen LogP contribution in [-0.4, -0.2) is 40.6 Å². The van der Waals surface area contributed by atoms with E-state index in [2.05, 4.69) is 4.98 Å². The molecule has 8 heteroatoms. The molecular weight excluding hydrogens is 506 g/mol. The summed E-state index contributed by atoms with van der Waals surface area (Å²) in [4.78, 5) is 16.8. The fourth-order valence-corrected chi connectivity index (χ4v) is 5.48. The second-order valence-corrected chi connectivity index (χ2v) is 14.5. The zero-order valence-electron chi connectivity index (χ0n) is 21.2. The van der Waals surface area contributed by atoms with Crippen LogP contribution in [0.2, 0.25) is 0 Å². The highest BCUT2D eigenvalue weighted by Crippen LogP contribution is 2.37. The minimum absolute atomic E-state index is 0.208. The molecule has 1 unspecified atom stereocenters. The lowest BCUT2D eigenvalue weighted by Gasteiger charge is -2.24. The molecule has 1 aromatic heterocycles. The Kier molecular flexibility index (Phi) is 7.10. The van der Waals surface area contributed by atoms with E-state index in [4.69, 9.17) is 0 Å². The number of carbonyl (C=O) groups excluding carboxylic acids is 1. The van der Waals surface area contributed by atoms with E-state index in [1.807, 2.05) is 48.5 Å². The van der Waals surface area contributed by atoms with E-state index < -0.39 is 30.3 Å². The van der Waals surface area contributed by atoms with Gasteiger partial charge in [0.05, 0.1) is 15.2 Å². The van der Waals surface area contributed by atoms with Crippen LogP contribution >= 0.6 is 0 Å². The number of benzene rings is 3. The van der Waals surface area contributed by atoms with E-state index in [0.29, 0.717) is 12.0 Å². The van der Waals surface area contributed by atoms with Crippen LogP contribution in [0.5, 0.6) is 0 Å². The number of aldehydes is 1. The maximum atomic E-state index is 12.6. The molecule has 0 bridgehead atoms. The van der Waals surface area contributed by atoms with Gasteiger partial charge in [0.1, 0.15) is 6.29 Å². The Morgan fingerprint density at radius 3 is 2.22 bits per heavy atom. The van der Waals surface area contributed by atoms with E-state index in [9.17, 15) is 21.6 Å². The zero-order valence-corrected chi connectivity index (χ0v) is 22.8. The lowest BCUT2D eigenvalue weighted by atomic mass is 9.90. The number of carbonyl (C=O) groups is 1. The highest BCUT2D eigenvalue weighted by atomic mass is 32.2. The summed E-state index contributed by atoms with van der Waals surface area (Å²) in [5.41, 5.74) is 4.76. The van der Waals surface area contributed by atoms with Crippen molar-refractivity contribution in [3.8, 4) is 11.1 Å². The number of rotatable bonds is 8. The Morgan fingerprint density at radius 2 is 1.59 bits per heavy atom. The van der Waals surface area contributed by atoms with Gasteiger partial charge in [0.15, 0.2) is 19.7 Å². The van der Waals surface area contributed by atoms with Gasteiger partial charge in [0.25, 0.3) is 0 Å². The van der Waals surface area contributed by atoms with E-state index in [1.165, 1.54) is 18.4 Å². The fourth-order valence-electron chi connectivity index (χ4n) is 4.30. The molecule has 0 aliphatic carbocycles. The van der Waals surface area contributed by atoms with Crippen molar-refractivity contribution in [1.29, 1.82) is 0 Å². The van der Waals surface area contributed by atoms with Crippen LogP contribution in [0.3, 0.4) is 0 Å². The maximum absolute atomic E-state index is 12.6. The van der Waals surface area contributed by atoms with Gasteiger partial charge in [-0.1, -0.05) is 42.5 Å². The van der Waals surface area contributed by atoms with Gasteiger partial charge in [-0.25, -0.2) is 16.8 Å². The predicted octanol–water partition coefficient (Wildman–Crippen LogP) is 5.11. The number of hydrogen-bond acceptors (Lipinski definition) is 6. The molecule has 4 rings (SSSR count). The van der Waals surface area contributed by atoms with E-state index in [-0.39, 0.29) is 4.90 Å². The van der Waals surface area contributed by atoms with Gasteiger partial charge in [-0.05, 0) is 72.9 Å². The summed E-state index contributed by atoms with van der Waals surface area (Å²) in [7, 11) is -6.71. The number of pyridine rings is 1. The van der Waals surface area contributed by atoms with Gasteiger partial charge in [-0.15, -0.1) is 0 Å². The normalized spacial score (nSPS) is 13.4. The Balaban J connectivity index is 1.76. The molecule has 37 heavy (non-hydrogen) atoms. The molecule has 0 N–H and O–H groups in total. The number of aromatic nitrogens is 1. The maximum Gasteiger partial charge on any atom is 0.175 e. The third-order valence-electron chi connectivity index (χ3n) is 6.92. The molecule has 0 aliphatic heterocycles. The second-order valence-electron chi connectivity index (χ2n) is 9.87. The van der Waals surface area contributed by atoms with Crippen LogP contribution in [-0.2, 0) is 35.6 Å². The molecule has 0 saturated carbocycles. The third-order valence-corrected chi connectivity index (χ3v) is 10.1. The second kappa shape index (κ2) is 9.84. The van der Waals surface area contributed by atoms with E-state index in [1.54, 1.807) is 32.2 Å². The van der Waals surface area contributed by atoms with Gasteiger partial charge in [0.2, 0.25) is 0 Å². The summed E-state index contributed by atoms with van der Waals surface area (Å²) in [5.74, 6) is -0.450. The first-order valence-corrected chi connectivity index (χ1v) is 15.5. The van der Waals surface area contributed by atoms with Crippen LogP contribution in [0.4, 0.5) is 0 Å². The zero-order chi connectivity index (χ0) is 27.0. The highest BCUT2D eigenvalue weighted by molar-refractivity contribution is 7.91. The average molecular weight is 536 g/mol. The molecule has 6 nitrogen and oxygen atoms in total. The molecule has 1 heterocycles. The Hall–Kier alpha value is -3.36.